The fraction of sp³-hybridized carbons (Fsp3) is 0.100. The highest BCUT2D eigenvalue weighted by Gasteiger charge is 2.07. The Bertz CT molecular complexity index is 511. The highest BCUT2D eigenvalue weighted by Crippen LogP contribution is 2.22. The van der Waals surface area contributed by atoms with Crippen molar-refractivity contribution in [1.82, 2.24) is 4.98 Å². The van der Waals surface area contributed by atoms with Gasteiger partial charge >= 0.3 is 0 Å². The minimum Gasteiger partial charge on any atom is -0.233 e. The molecule has 0 bridgehead atoms. The third-order valence-corrected chi connectivity index (χ3v) is 2.35. The van der Waals surface area contributed by atoms with Crippen molar-refractivity contribution in [1.29, 1.82) is 0 Å². The van der Waals surface area contributed by atoms with Crippen molar-refractivity contribution >= 4 is 22.5 Å². The lowest BCUT2D eigenvalue weighted by atomic mass is 10.1. The number of aryl methyl sites for hydroxylation is 1. The van der Waals surface area contributed by atoms with Crippen molar-refractivity contribution < 1.29 is 8.78 Å². The molecule has 2 rings (SSSR count). The average Bonchev–Trinajstić information content (AvgIpc) is 2.08. The summed E-state index contributed by atoms with van der Waals surface area (Å²) in [6.45, 7) is 1.73. The lowest BCUT2D eigenvalue weighted by molar-refractivity contribution is 0.590. The molecule has 0 saturated carbocycles. The van der Waals surface area contributed by atoms with Crippen LogP contribution >= 0.6 is 11.6 Å². The maximum Gasteiger partial charge on any atom is 0.152 e. The predicted octanol–water partition coefficient (Wildman–Crippen LogP) is 3.47. The third-order valence-electron chi connectivity index (χ3n) is 1.97. The first-order valence-corrected chi connectivity index (χ1v) is 4.37. The van der Waals surface area contributed by atoms with Gasteiger partial charge in [-0.3, -0.25) is 0 Å². The first kappa shape index (κ1) is 9.34. The topological polar surface area (TPSA) is 12.9 Å². The summed E-state index contributed by atoms with van der Waals surface area (Å²) in [6, 6.07) is 3.63. The molecule has 14 heavy (non-hydrogen) atoms. The summed E-state index contributed by atoms with van der Waals surface area (Å²) in [6.07, 6.45) is 0. The van der Waals surface area contributed by atoms with Crippen LogP contribution in [-0.4, -0.2) is 4.98 Å². The fourth-order valence-corrected chi connectivity index (χ4v) is 1.43. The van der Waals surface area contributed by atoms with Crippen LogP contribution in [0.5, 0.6) is 0 Å². The van der Waals surface area contributed by atoms with E-state index >= 15 is 0 Å². The number of pyridine rings is 1. The molecule has 0 radical (unpaired) electrons. The van der Waals surface area contributed by atoms with Crippen molar-refractivity contribution in [3.63, 3.8) is 0 Å². The number of halogens is 3. The molecule has 2 aromatic rings. The molecule has 0 spiro atoms. The van der Waals surface area contributed by atoms with E-state index in [-0.39, 0.29) is 10.7 Å². The molecule has 0 atom stereocenters. The van der Waals surface area contributed by atoms with Crippen molar-refractivity contribution in [3.8, 4) is 0 Å². The van der Waals surface area contributed by atoms with Gasteiger partial charge in [-0.1, -0.05) is 11.6 Å². The van der Waals surface area contributed by atoms with Crippen LogP contribution in [0.3, 0.4) is 0 Å². The number of hydrogen-bond acceptors (Lipinski definition) is 1. The van der Waals surface area contributed by atoms with Crippen molar-refractivity contribution in [2.24, 2.45) is 0 Å². The quantitative estimate of drug-likeness (QED) is 0.611. The molecular weight excluding hydrogens is 208 g/mol. The van der Waals surface area contributed by atoms with Gasteiger partial charge in [-0.2, -0.15) is 0 Å². The van der Waals surface area contributed by atoms with E-state index in [1.165, 1.54) is 6.07 Å². The molecule has 72 valence electrons. The van der Waals surface area contributed by atoms with Gasteiger partial charge in [-0.15, -0.1) is 0 Å². The number of hydrogen-bond donors (Lipinski definition) is 0. The van der Waals surface area contributed by atoms with Gasteiger partial charge in [0.1, 0.15) is 16.5 Å². The molecule has 0 N–H and O–H groups in total. The van der Waals surface area contributed by atoms with Gasteiger partial charge in [0, 0.05) is 11.5 Å². The Kier molecular flexibility index (Phi) is 2.11. The number of aromatic nitrogens is 1. The normalized spacial score (nSPS) is 10.9. The molecule has 4 heteroatoms. The molecule has 0 unspecified atom stereocenters. The number of benzene rings is 1. The SMILES string of the molecule is Cc1cc2cc(F)cc(F)c2nc1Cl. The molecule has 0 saturated heterocycles. The van der Waals surface area contributed by atoms with Crippen LogP contribution in [0.15, 0.2) is 18.2 Å². The van der Waals surface area contributed by atoms with Crippen molar-refractivity contribution in [2.45, 2.75) is 6.92 Å². The second-order valence-corrected chi connectivity index (χ2v) is 3.41. The molecule has 1 heterocycles. The Morgan fingerprint density at radius 1 is 1.21 bits per heavy atom. The van der Waals surface area contributed by atoms with E-state index in [0.717, 1.165) is 6.07 Å². The summed E-state index contributed by atoms with van der Waals surface area (Å²) >= 11 is 5.73. The van der Waals surface area contributed by atoms with E-state index in [1.807, 2.05) is 0 Å². The second kappa shape index (κ2) is 3.17. The van der Waals surface area contributed by atoms with Gasteiger partial charge in [0.05, 0.1) is 0 Å². The maximum absolute atomic E-state index is 13.2. The van der Waals surface area contributed by atoms with E-state index in [4.69, 9.17) is 11.6 Å². The van der Waals surface area contributed by atoms with Crippen LogP contribution in [0, 0.1) is 18.6 Å². The Morgan fingerprint density at radius 2 is 1.93 bits per heavy atom. The second-order valence-electron chi connectivity index (χ2n) is 3.06. The summed E-state index contributed by atoms with van der Waals surface area (Å²) < 4.78 is 26.0. The number of rotatable bonds is 0. The maximum atomic E-state index is 13.2. The Morgan fingerprint density at radius 3 is 2.64 bits per heavy atom. The Labute approximate surface area is 84.3 Å². The first-order valence-electron chi connectivity index (χ1n) is 4.00. The van der Waals surface area contributed by atoms with Crippen LogP contribution in [0.2, 0.25) is 5.15 Å². The van der Waals surface area contributed by atoms with E-state index in [2.05, 4.69) is 4.98 Å². The first-order chi connectivity index (χ1) is 6.58. The minimum absolute atomic E-state index is 0.0991. The molecule has 0 amide bonds. The monoisotopic (exact) mass is 213 g/mol. The molecule has 1 aromatic heterocycles. The summed E-state index contributed by atoms with van der Waals surface area (Å²) in [5.41, 5.74) is 0.797. The minimum atomic E-state index is -0.693. The van der Waals surface area contributed by atoms with Crippen LogP contribution in [0.25, 0.3) is 10.9 Å². The standard InChI is InChI=1S/C10H6ClF2N/c1-5-2-6-3-7(12)4-8(13)9(6)14-10(5)11/h2-4H,1H3. The van der Waals surface area contributed by atoms with E-state index in [0.29, 0.717) is 10.9 Å². The largest absolute Gasteiger partial charge is 0.233 e. The molecule has 0 fully saturated rings. The summed E-state index contributed by atoms with van der Waals surface area (Å²) in [4.78, 5) is 3.84. The molecular formula is C10H6ClF2N. The van der Waals surface area contributed by atoms with Crippen molar-refractivity contribution in [3.05, 3.63) is 40.6 Å². The summed E-state index contributed by atoms with van der Waals surface area (Å²) in [7, 11) is 0. The number of fused-ring (bicyclic) bond motifs is 1. The van der Waals surface area contributed by atoms with Gasteiger partial charge in [0.25, 0.3) is 0 Å². The van der Waals surface area contributed by atoms with Gasteiger partial charge in [0.2, 0.25) is 0 Å². The highest BCUT2D eigenvalue weighted by molar-refractivity contribution is 6.30. The zero-order chi connectivity index (χ0) is 10.3. The van der Waals surface area contributed by atoms with Gasteiger partial charge in [-0.25, -0.2) is 13.8 Å². The Balaban J connectivity index is 2.89. The van der Waals surface area contributed by atoms with E-state index in [1.54, 1.807) is 13.0 Å². The molecule has 0 aliphatic heterocycles. The predicted molar refractivity (Wildman–Crippen MR) is 51.4 cm³/mol. The Hall–Kier alpha value is -1.22. The average molecular weight is 214 g/mol. The lowest BCUT2D eigenvalue weighted by Gasteiger charge is -2.02. The van der Waals surface area contributed by atoms with Gasteiger partial charge in [0.15, 0.2) is 5.82 Å². The molecule has 0 aliphatic rings. The summed E-state index contributed by atoms with van der Waals surface area (Å²) in [5, 5.41) is 0.660. The van der Waals surface area contributed by atoms with Crippen LogP contribution in [0.1, 0.15) is 5.56 Å². The van der Waals surface area contributed by atoms with Crippen LogP contribution in [-0.2, 0) is 0 Å². The van der Waals surface area contributed by atoms with Crippen molar-refractivity contribution in [2.75, 3.05) is 0 Å². The third kappa shape index (κ3) is 1.44. The molecule has 1 aromatic carbocycles. The van der Waals surface area contributed by atoms with Crippen LogP contribution < -0.4 is 0 Å². The van der Waals surface area contributed by atoms with Crippen LogP contribution in [0.4, 0.5) is 8.78 Å². The molecule has 0 aliphatic carbocycles. The van der Waals surface area contributed by atoms with Gasteiger partial charge in [-0.05, 0) is 24.6 Å². The zero-order valence-corrected chi connectivity index (χ0v) is 8.07. The highest BCUT2D eigenvalue weighted by atomic mass is 35.5. The number of nitrogens with zero attached hydrogens (tertiary/aromatic N) is 1. The van der Waals surface area contributed by atoms with Gasteiger partial charge < -0.3 is 0 Å². The smallest absolute Gasteiger partial charge is 0.152 e. The van der Waals surface area contributed by atoms with E-state index in [9.17, 15) is 8.78 Å². The lowest BCUT2D eigenvalue weighted by Crippen LogP contribution is -1.89. The molecule has 1 nitrogen and oxygen atoms in total. The summed E-state index contributed by atoms with van der Waals surface area (Å²) in [5.74, 6) is -1.31. The van der Waals surface area contributed by atoms with E-state index < -0.39 is 11.6 Å². The fourth-order valence-electron chi connectivity index (χ4n) is 1.29. The zero-order valence-electron chi connectivity index (χ0n) is 7.31.